The highest BCUT2D eigenvalue weighted by Crippen LogP contribution is 2.20. The van der Waals surface area contributed by atoms with Gasteiger partial charge in [0, 0.05) is 4.43 Å². The quantitative estimate of drug-likeness (QED) is 0.577. The molecule has 0 saturated carbocycles. The van der Waals surface area contributed by atoms with Crippen LogP contribution in [0.5, 0.6) is 0 Å². The maximum absolute atomic E-state index is 8.65. The van der Waals surface area contributed by atoms with E-state index in [1.807, 2.05) is 0 Å². The summed E-state index contributed by atoms with van der Waals surface area (Å²) in [7, 11) is 0. The molecule has 0 radical (unpaired) electrons. The molecule has 1 aliphatic heterocycles. The molecule has 9 heavy (non-hydrogen) atoms. The van der Waals surface area contributed by atoms with Gasteiger partial charge in [-0.15, -0.1) is 0 Å². The lowest BCUT2D eigenvalue weighted by atomic mass is 10.2. The van der Waals surface area contributed by atoms with Crippen molar-refractivity contribution in [1.82, 2.24) is 0 Å². The van der Waals surface area contributed by atoms with E-state index in [0.29, 0.717) is 6.10 Å². The zero-order valence-corrected chi connectivity index (χ0v) is 7.37. The van der Waals surface area contributed by atoms with Crippen molar-refractivity contribution in [3.8, 4) is 0 Å². The van der Waals surface area contributed by atoms with E-state index >= 15 is 0 Å². The lowest BCUT2D eigenvalue weighted by Gasteiger charge is -2.07. The Hall–Kier alpha value is 0.650. The van der Waals surface area contributed by atoms with Gasteiger partial charge in [-0.3, -0.25) is 0 Å². The SMILES string of the molecule is OCC1CCC(CI)O1. The first-order valence-corrected chi connectivity index (χ1v) is 4.71. The average Bonchev–Trinajstić information content (AvgIpc) is 2.34. The summed E-state index contributed by atoms with van der Waals surface area (Å²) < 4.78 is 6.45. The zero-order chi connectivity index (χ0) is 6.69. The van der Waals surface area contributed by atoms with E-state index in [9.17, 15) is 0 Å². The lowest BCUT2D eigenvalue weighted by Crippen LogP contribution is -2.14. The zero-order valence-electron chi connectivity index (χ0n) is 5.22. The van der Waals surface area contributed by atoms with Crippen LogP contribution in [-0.4, -0.2) is 28.3 Å². The predicted molar refractivity (Wildman–Crippen MR) is 43.9 cm³/mol. The van der Waals surface area contributed by atoms with Gasteiger partial charge >= 0.3 is 0 Å². The Morgan fingerprint density at radius 2 is 2.11 bits per heavy atom. The van der Waals surface area contributed by atoms with Gasteiger partial charge in [0.15, 0.2) is 0 Å². The van der Waals surface area contributed by atoms with Crippen LogP contribution >= 0.6 is 22.6 Å². The largest absolute Gasteiger partial charge is 0.394 e. The molecule has 1 heterocycles. The van der Waals surface area contributed by atoms with Crippen LogP contribution in [0.1, 0.15) is 12.8 Å². The molecule has 2 atom stereocenters. The van der Waals surface area contributed by atoms with Gasteiger partial charge in [-0.05, 0) is 12.8 Å². The Morgan fingerprint density at radius 3 is 2.44 bits per heavy atom. The minimum absolute atomic E-state index is 0.129. The van der Waals surface area contributed by atoms with E-state index in [1.54, 1.807) is 0 Å². The molecule has 3 heteroatoms. The monoisotopic (exact) mass is 242 g/mol. The number of aliphatic hydroxyl groups excluding tert-OH is 1. The Labute approximate surface area is 68.7 Å². The Morgan fingerprint density at radius 1 is 1.44 bits per heavy atom. The molecule has 1 rings (SSSR count). The molecule has 1 fully saturated rings. The number of aliphatic hydroxyl groups is 1. The summed E-state index contributed by atoms with van der Waals surface area (Å²) in [6.45, 7) is 0.188. The first kappa shape index (κ1) is 7.75. The van der Waals surface area contributed by atoms with Crippen LogP contribution in [0.15, 0.2) is 0 Å². The third kappa shape index (κ3) is 2.05. The summed E-state index contributed by atoms with van der Waals surface area (Å²) in [4.78, 5) is 0. The van der Waals surface area contributed by atoms with Crippen LogP contribution in [0, 0.1) is 0 Å². The molecular weight excluding hydrogens is 231 g/mol. The molecule has 2 unspecified atom stereocenters. The van der Waals surface area contributed by atoms with Gasteiger partial charge in [-0.1, -0.05) is 22.6 Å². The molecular formula is C6H11IO2. The Kier molecular flexibility index (Phi) is 3.21. The van der Waals surface area contributed by atoms with Crippen LogP contribution in [0.2, 0.25) is 0 Å². The summed E-state index contributed by atoms with van der Waals surface area (Å²) in [6, 6.07) is 0. The van der Waals surface area contributed by atoms with E-state index in [1.165, 1.54) is 0 Å². The molecule has 1 aliphatic rings. The summed E-state index contributed by atoms with van der Waals surface area (Å²) >= 11 is 2.31. The fraction of sp³-hybridized carbons (Fsp3) is 1.00. The number of ether oxygens (including phenoxy) is 1. The number of hydrogen-bond donors (Lipinski definition) is 1. The van der Waals surface area contributed by atoms with Crippen molar-refractivity contribution in [2.24, 2.45) is 0 Å². The normalized spacial score (nSPS) is 35.3. The number of hydrogen-bond acceptors (Lipinski definition) is 2. The van der Waals surface area contributed by atoms with Crippen LogP contribution in [-0.2, 0) is 4.74 Å². The molecule has 0 spiro atoms. The Bertz CT molecular complexity index is 77.1. The fourth-order valence-electron chi connectivity index (χ4n) is 1.03. The van der Waals surface area contributed by atoms with Crippen molar-refractivity contribution < 1.29 is 9.84 Å². The molecule has 0 aromatic carbocycles. The topological polar surface area (TPSA) is 29.5 Å². The minimum atomic E-state index is 0.129. The third-order valence-corrected chi connectivity index (χ3v) is 2.55. The van der Waals surface area contributed by atoms with Crippen molar-refractivity contribution in [3.63, 3.8) is 0 Å². The second kappa shape index (κ2) is 3.73. The van der Waals surface area contributed by atoms with Crippen LogP contribution < -0.4 is 0 Å². The molecule has 1 saturated heterocycles. The van der Waals surface area contributed by atoms with Gasteiger partial charge in [0.25, 0.3) is 0 Å². The Balaban J connectivity index is 2.20. The number of rotatable bonds is 2. The smallest absolute Gasteiger partial charge is 0.0810 e. The highest BCUT2D eigenvalue weighted by Gasteiger charge is 2.22. The van der Waals surface area contributed by atoms with Gasteiger partial charge in [0.05, 0.1) is 18.8 Å². The highest BCUT2D eigenvalue weighted by molar-refractivity contribution is 14.1. The van der Waals surface area contributed by atoms with Crippen LogP contribution in [0.3, 0.4) is 0 Å². The van der Waals surface area contributed by atoms with Gasteiger partial charge in [-0.2, -0.15) is 0 Å². The third-order valence-electron chi connectivity index (χ3n) is 1.57. The molecule has 0 aromatic rings. The summed E-state index contributed by atoms with van der Waals surface area (Å²) in [5.41, 5.74) is 0. The minimum Gasteiger partial charge on any atom is -0.394 e. The number of halogens is 1. The van der Waals surface area contributed by atoms with E-state index in [2.05, 4.69) is 22.6 Å². The first-order chi connectivity index (χ1) is 4.36. The van der Waals surface area contributed by atoms with Crippen molar-refractivity contribution in [2.75, 3.05) is 11.0 Å². The summed E-state index contributed by atoms with van der Waals surface area (Å²) in [6.07, 6.45) is 2.69. The fourth-order valence-corrected chi connectivity index (χ4v) is 1.68. The van der Waals surface area contributed by atoms with E-state index in [-0.39, 0.29) is 12.7 Å². The second-order valence-electron chi connectivity index (χ2n) is 2.29. The van der Waals surface area contributed by atoms with Gasteiger partial charge in [0.2, 0.25) is 0 Å². The predicted octanol–water partition coefficient (Wildman–Crippen LogP) is 0.961. The maximum Gasteiger partial charge on any atom is 0.0810 e. The molecule has 1 N–H and O–H groups in total. The van der Waals surface area contributed by atoms with Gasteiger partial charge < -0.3 is 9.84 Å². The lowest BCUT2D eigenvalue weighted by molar-refractivity contribution is 0.0229. The van der Waals surface area contributed by atoms with Gasteiger partial charge in [0.1, 0.15) is 0 Å². The van der Waals surface area contributed by atoms with Crippen molar-refractivity contribution in [2.45, 2.75) is 25.0 Å². The number of alkyl halides is 1. The van der Waals surface area contributed by atoms with Crippen molar-refractivity contribution >= 4 is 22.6 Å². The van der Waals surface area contributed by atoms with E-state index in [0.717, 1.165) is 17.3 Å². The van der Waals surface area contributed by atoms with Gasteiger partial charge in [-0.25, -0.2) is 0 Å². The highest BCUT2D eigenvalue weighted by atomic mass is 127. The average molecular weight is 242 g/mol. The molecule has 0 aromatic heterocycles. The molecule has 0 bridgehead atoms. The van der Waals surface area contributed by atoms with Crippen molar-refractivity contribution in [1.29, 1.82) is 0 Å². The first-order valence-electron chi connectivity index (χ1n) is 3.19. The van der Waals surface area contributed by atoms with Crippen LogP contribution in [0.25, 0.3) is 0 Å². The molecule has 2 nitrogen and oxygen atoms in total. The standard InChI is InChI=1S/C6H11IO2/c7-3-5-1-2-6(4-8)9-5/h5-6,8H,1-4H2. The summed E-state index contributed by atoms with van der Waals surface area (Å²) in [5, 5.41) is 8.65. The van der Waals surface area contributed by atoms with Crippen LogP contribution in [0.4, 0.5) is 0 Å². The second-order valence-corrected chi connectivity index (χ2v) is 3.18. The summed E-state index contributed by atoms with van der Waals surface area (Å²) in [5.74, 6) is 0. The van der Waals surface area contributed by atoms with E-state index < -0.39 is 0 Å². The van der Waals surface area contributed by atoms with Crippen molar-refractivity contribution in [3.05, 3.63) is 0 Å². The molecule has 0 aliphatic carbocycles. The molecule has 54 valence electrons. The maximum atomic E-state index is 8.65. The van der Waals surface area contributed by atoms with E-state index in [4.69, 9.17) is 9.84 Å². The molecule has 0 amide bonds.